The number of rotatable bonds is 5. The predicted octanol–water partition coefficient (Wildman–Crippen LogP) is -0.0801. The number of likely N-dealkylation sites (N-methyl/N-ethyl adjacent to an activating group) is 1. The highest BCUT2D eigenvalue weighted by molar-refractivity contribution is 7.88. The van der Waals surface area contributed by atoms with Gasteiger partial charge in [-0.1, -0.05) is 0 Å². The zero-order valence-electron chi connectivity index (χ0n) is 11.9. The van der Waals surface area contributed by atoms with Crippen LogP contribution in [0.1, 0.15) is 24.0 Å². The van der Waals surface area contributed by atoms with Crippen molar-refractivity contribution in [2.45, 2.75) is 19.4 Å². The first-order valence-corrected chi connectivity index (χ1v) is 8.32. The minimum atomic E-state index is -3.20. The fourth-order valence-electron chi connectivity index (χ4n) is 2.26. The Morgan fingerprint density at radius 3 is 2.70 bits per heavy atom. The van der Waals surface area contributed by atoms with Gasteiger partial charge in [-0.2, -0.15) is 4.31 Å². The summed E-state index contributed by atoms with van der Waals surface area (Å²) in [6.07, 6.45) is 1.98. The molecule has 1 fully saturated rings. The Bertz CT molecular complexity index is 590. The van der Waals surface area contributed by atoms with Gasteiger partial charge in [-0.05, 0) is 13.3 Å². The highest BCUT2D eigenvalue weighted by atomic mass is 32.2. The van der Waals surface area contributed by atoms with Crippen LogP contribution in [0.4, 0.5) is 5.82 Å². The first kappa shape index (κ1) is 15.1. The second-order valence-electron chi connectivity index (χ2n) is 5.02. The average Bonchev–Trinajstić information content (AvgIpc) is 2.24. The lowest BCUT2D eigenvalue weighted by Crippen LogP contribution is -2.44. The summed E-state index contributed by atoms with van der Waals surface area (Å²) >= 11 is 0. The molecule has 1 saturated heterocycles. The van der Waals surface area contributed by atoms with Crippen molar-refractivity contribution in [2.24, 2.45) is 0 Å². The molecule has 2 rings (SSSR count). The van der Waals surface area contributed by atoms with E-state index in [0.29, 0.717) is 30.4 Å². The number of nitrogens with zero attached hydrogens (tertiary/aromatic N) is 4. The van der Waals surface area contributed by atoms with Gasteiger partial charge in [0.25, 0.3) is 0 Å². The molecule has 1 aliphatic rings. The topological polar surface area (TPSA) is 86.6 Å². The first-order chi connectivity index (χ1) is 9.32. The van der Waals surface area contributed by atoms with Crippen LogP contribution in [0.5, 0.6) is 0 Å². The lowest BCUT2D eigenvalue weighted by atomic mass is 10.0. The van der Waals surface area contributed by atoms with E-state index in [1.54, 1.807) is 13.0 Å². The summed E-state index contributed by atoms with van der Waals surface area (Å²) in [6.45, 7) is 2.82. The summed E-state index contributed by atoms with van der Waals surface area (Å²) in [5.74, 6) is 1.30. The number of aliphatic hydroxyl groups excluding tert-OH is 1. The molecule has 2 heterocycles. The van der Waals surface area contributed by atoms with Gasteiger partial charge >= 0.3 is 0 Å². The van der Waals surface area contributed by atoms with Gasteiger partial charge in [0.1, 0.15) is 11.6 Å². The van der Waals surface area contributed by atoms with E-state index < -0.39 is 10.0 Å². The molecular weight excluding hydrogens is 280 g/mol. The van der Waals surface area contributed by atoms with E-state index in [0.717, 1.165) is 6.42 Å². The summed E-state index contributed by atoms with van der Waals surface area (Å²) in [7, 11) is -1.37. The van der Waals surface area contributed by atoms with Gasteiger partial charge in [-0.25, -0.2) is 18.4 Å². The van der Waals surface area contributed by atoms with Crippen molar-refractivity contribution in [1.29, 1.82) is 0 Å². The molecule has 1 aromatic rings. The number of aryl methyl sites for hydroxylation is 1. The summed E-state index contributed by atoms with van der Waals surface area (Å²) < 4.78 is 24.7. The lowest BCUT2D eigenvalue weighted by molar-refractivity contribution is 0.198. The van der Waals surface area contributed by atoms with Crippen LogP contribution >= 0.6 is 0 Å². The molecule has 0 unspecified atom stereocenters. The van der Waals surface area contributed by atoms with Gasteiger partial charge in [-0.3, -0.25) is 0 Å². The fraction of sp³-hybridized carbons (Fsp3) is 0.667. The van der Waals surface area contributed by atoms with Gasteiger partial charge < -0.3 is 10.0 Å². The van der Waals surface area contributed by atoms with E-state index in [2.05, 4.69) is 9.97 Å². The molecule has 1 aliphatic heterocycles. The minimum Gasteiger partial charge on any atom is -0.395 e. The van der Waals surface area contributed by atoms with Gasteiger partial charge in [0, 0.05) is 26.2 Å². The zero-order chi connectivity index (χ0) is 14.9. The summed E-state index contributed by atoms with van der Waals surface area (Å²) in [6, 6.07) is 1.60. The van der Waals surface area contributed by atoms with E-state index in [1.165, 1.54) is 10.6 Å². The molecule has 20 heavy (non-hydrogen) atoms. The third-order valence-corrected chi connectivity index (χ3v) is 4.70. The number of hydrogen-bond donors (Lipinski definition) is 1. The molecule has 0 aromatic carbocycles. The Hall–Kier alpha value is -1.25. The molecule has 1 atom stereocenters. The maximum atomic E-state index is 11.6. The maximum Gasteiger partial charge on any atom is 0.211 e. The van der Waals surface area contributed by atoms with Crippen LogP contribution in [-0.2, 0) is 10.0 Å². The number of anilines is 1. The van der Waals surface area contributed by atoms with Gasteiger partial charge in [0.05, 0.1) is 24.6 Å². The quantitative estimate of drug-likeness (QED) is 0.818. The summed E-state index contributed by atoms with van der Waals surface area (Å²) in [5, 5.41) is 8.98. The number of aliphatic hydroxyl groups is 1. The van der Waals surface area contributed by atoms with E-state index in [4.69, 9.17) is 5.11 Å². The summed E-state index contributed by atoms with van der Waals surface area (Å²) in [4.78, 5) is 10.5. The number of aromatic nitrogens is 2. The van der Waals surface area contributed by atoms with Crippen LogP contribution in [0.3, 0.4) is 0 Å². The third kappa shape index (κ3) is 3.08. The van der Waals surface area contributed by atoms with Crippen molar-refractivity contribution in [2.75, 3.05) is 37.9 Å². The number of sulfonamides is 1. The number of hydrogen-bond acceptors (Lipinski definition) is 6. The Morgan fingerprint density at radius 2 is 2.20 bits per heavy atom. The van der Waals surface area contributed by atoms with Crippen LogP contribution in [0.25, 0.3) is 0 Å². The average molecular weight is 300 g/mol. The minimum absolute atomic E-state index is 0.0355. The van der Waals surface area contributed by atoms with Crippen molar-refractivity contribution >= 4 is 15.8 Å². The molecule has 112 valence electrons. The Labute approximate surface area is 119 Å². The smallest absolute Gasteiger partial charge is 0.211 e. The van der Waals surface area contributed by atoms with E-state index in [1.807, 2.05) is 11.9 Å². The zero-order valence-corrected chi connectivity index (χ0v) is 12.8. The van der Waals surface area contributed by atoms with Crippen LogP contribution in [-0.4, -0.2) is 60.8 Å². The molecule has 0 saturated carbocycles. The van der Waals surface area contributed by atoms with E-state index >= 15 is 0 Å². The molecule has 0 amide bonds. The molecule has 0 aliphatic carbocycles. The molecule has 0 radical (unpaired) electrons. The van der Waals surface area contributed by atoms with Gasteiger partial charge in [0.15, 0.2) is 0 Å². The van der Waals surface area contributed by atoms with Crippen LogP contribution in [0.15, 0.2) is 6.07 Å². The molecule has 1 N–H and O–H groups in total. The van der Waals surface area contributed by atoms with Crippen LogP contribution in [0, 0.1) is 6.92 Å². The normalized spacial score (nSPS) is 19.7. The fourth-order valence-corrected chi connectivity index (χ4v) is 3.37. The van der Waals surface area contributed by atoms with Gasteiger partial charge in [-0.15, -0.1) is 0 Å². The molecule has 0 spiro atoms. The SMILES string of the molecule is Cc1nc([C@H]2CCN2S(C)(=O)=O)cc(N(C)CCO)n1. The predicted molar refractivity (Wildman–Crippen MR) is 76.0 cm³/mol. The Kier molecular flexibility index (Phi) is 4.26. The molecule has 7 nitrogen and oxygen atoms in total. The molecule has 1 aromatic heterocycles. The van der Waals surface area contributed by atoms with Crippen LogP contribution in [0.2, 0.25) is 0 Å². The molecule has 0 bridgehead atoms. The van der Waals surface area contributed by atoms with Crippen molar-refractivity contribution in [3.8, 4) is 0 Å². The monoisotopic (exact) mass is 300 g/mol. The van der Waals surface area contributed by atoms with E-state index in [9.17, 15) is 8.42 Å². The largest absolute Gasteiger partial charge is 0.395 e. The van der Waals surface area contributed by atoms with Crippen LogP contribution < -0.4 is 4.90 Å². The second-order valence-corrected chi connectivity index (χ2v) is 6.96. The van der Waals surface area contributed by atoms with Crippen molar-refractivity contribution in [3.63, 3.8) is 0 Å². The highest BCUT2D eigenvalue weighted by Gasteiger charge is 2.37. The Balaban J connectivity index is 2.29. The maximum absolute atomic E-state index is 11.6. The lowest BCUT2D eigenvalue weighted by Gasteiger charge is -2.38. The van der Waals surface area contributed by atoms with Gasteiger partial charge in [0.2, 0.25) is 10.0 Å². The summed E-state index contributed by atoms with van der Waals surface area (Å²) in [5.41, 5.74) is 0.717. The molecule has 8 heteroatoms. The molecular formula is C12H20N4O3S. The highest BCUT2D eigenvalue weighted by Crippen LogP contribution is 2.35. The second kappa shape index (κ2) is 5.63. The standard InChI is InChI=1S/C12H20N4O3S/c1-9-13-10(8-12(14-9)15(2)6-7-17)11-4-5-16(11)20(3,18)19/h8,11,17H,4-7H2,1-3H3/t11-/m1/s1. The Morgan fingerprint density at radius 1 is 1.50 bits per heavy atom. The third-order valence-electron chi connectivity index (χ3n) is 3.41. The van der Waals surface area contributed by atoms with E-state index in [-0.39, 0.29) is 12.6 Å². The first-order valence-electron chi connectivity index (χ1n) is 6.47. The van der Waals surface area contributed by atoms with Crippen molar-refractivity contribution in [1.82, 2.24) is 14.3 Å². The van der Waals surface area contributed by atoms with Crippen molar-refractivity contribution < 1.29 is 13.5 Å². The van der Waals surface area contributed by atoms with Crippen molar-refractivity contribution in [3.05, 3.63) is 17.6 Å².